The van der Waals surface area contributed by atoms with Gasteiger partial charge >= 0.3 is 0 Å². The molecule has 1 aromatic carbocycles. The van der Waals surface area contributed by atoms with Crippen LogP contribution in [0.4, 0.5) is 5.69 Å². The molecule has 2 rings (SSSR count). The highest BCUT2D eigenvalue weighted by Crippen LogP contribution is 2.18. The molecule has 0 aromatic heterocycles. The largest absolute Gasteiger partial charge is 0.399 e. The summed E-state index contributed by atoms with van der Waals surface area (Å²) in [5.41, 5.74) is 7.64. The Morgan fingerprint density at radius 2 is 2.21 bits per heavy atom. The fourth-order valence-electron chi connectivity index (χ4n) is 2.52. The van der Waals surface area contributed by atoms with Gasteiger partial charge in [0, 0.05) is 25.2 Å². The zero-order chi connectivity index (χ0) is 13.8. The van der Waals surface area contributed by atoms with Crippen LogP contribution in [-0.2, 0) is 11.2 Å². The van der Waals surface area contributed by atoms with E-state index in [1.807, 2.05) is 36.1 Å². The number of para-hydroxylation sites is 1. The molecule has 1 fully saturated rings. The molecule has 1 saturated heterocycles. The molecule has 1 aliphatic heterocycles. The summed E-state index contributed by atoms with van der Waals surface area (Å²) in [4.78, 5) is 14.0. The Labute approximate surface area is 114 Å². The number of amides is 1. The van der Waals surface area contributed by atoms with E-state index >= 15 is 0 Å². The molecule has 4 heteroatoms. The standard InChI is InChI=1S/C15H22N2O2/c1-11-10-17(9-8-14(11)18)15(19)7-6-12-4-2-3-5-13(12)16/h2-5,11,14,18H,6-10,16H2,1H3. The van der Waals surface area contributed by atoms with E-state index in [9.17, 15) is 9.90 Å². The first-order valence-corrected chi connectivity index (χ1v) is 6.87. The molecule has 1 aliphatic rings. The highest BCUT2D eigenvalue weighted by Gasteiger charge is 2.26. The van der Waals surface area contributed by atoms with Crippen LogP contribution in [0.25, 0.3) is 0 Å². The maximum atomic E-state index is 12.1. The molecule has 0 bridgehead atoms. The zero-order valence-corrected chi connectivity index (χ0v) is 11.4. The number of nitrogen functional groups attached to an aromatic ring is 1. The summed E-state index contributed by atoms with van der Waals surface area (Å²) < 4.78 is 0. The van der Waals surface area contributed by atoms with Crippen molar-refractivity contribution in [2.45, 2.75) is 32.3 Å². The Hall–Kier alpha value is -1.55. The Balaban J connectivity index is 1.87. The molecule has 1 amide bonds. The van der Waals surface area contributed by atoms with E-state index in [4.69, 9.17) is 5.73 Å². The number of aryl methyl sites for hydroxylation is 1. The van der Waals surface area contributed by atoms with Gasteiger partial charge in [-0.2, -0.15) is 0 Å². The number of anilines is 1. The van der Waals surface area contributed by atoms with E-state index in [2.05, 4.69) is 0 Å². The highest BCUT2D eigenvalue weighted by molar-refractivity contribution is 5.76. The molecule has 0 saturated carbocycles. The van der Waals surface area contributed by atoms with Gasteiger partial charge in [-0.25, -0.2) is 0 Å². The van der Waals surface area contributed by atoms with E-state index in [0.717, 1.165) is 11.3 Å². The number of likely N-dealkylation sites (tertiary alicyclic amines) is 1. The number of carbonyl (C=O) groups is 1. The summed E-state index contributed by atoms with van der Waals surface area (Å²) in [5.74, 6) is 0.321. The second-order valence-electron chi connectivity index (χ2n) is 5.37. The first-order valence-electron chi connectivity index (χ1n) is 6.87. The fourth-order valence-corrected chi connectivity index (χ4v) is 2.52. The van der Waals surface area contributed by atoms with Crippen molar-refractivity contribution in [1.29, 1.82) is 0 Å². The van der Waals surface area contributed by atoms with E-state index in [-0.39, 0.29) is 17.9 Å². The number of aliphatic hydroxyl groups excluding tert-OH is 1. The van der Waals surface area contributed by atoms with Crippen LogP contribution >= 0.6 is 0 Å². The van der Waals surface area contributed by atoms with Gasteiger partial charge in [-0.3, -0.25) is 4.79 Å². The molecule has 3 N–H and O–H groups in total. The highest BCUT2D eigenvalue weighted by atomic mass is 16.3. The number of nitrogens with two attached hydrogens (primary N) is 1. The lowest BCUT2D eigenvalue weighted by molar-refractivity contribution is -0.134. The summed E-state index contributed by atoms with van der Waals surface area (Å²) in [6, 6.07) is 7.66. The van der Waals surface area contributed by atoms with Crippen LogP contribution < -0.4 is 5.73 Å². The molecule has 0 aliphatic carbocycles. The zero-order valence-electron chi connectivity index (χ0n) is 11.4. The van der Waals surface area contributed by atoms with Gasteiger partial charge in [0.05, 0.1) is 6.10 Å². The van der Waals surface area contributed by atoms with Crippen LogP contribution in [0, 0.1) is 5.92 Å². The molecular formula is C15H22N2O2. The van der Waals surface area contributed by atoms with E-state index in [0.29, 0.717) is 32.4 Å². The normalized spacial score (nSPS) is 23.4. The average Bonchev–Trinajstić information content (AvgIpc) is 2.40. The summed E-state index contributed by atoms with van der Waals surface area (Å²) in [6.45, 7) is 3.30. The molecule has 1 aromatic rings. The van der Waals surface area contributed by atoms with Crippen molar-refractivity contribution in [3.8, 4) is 0 Å². The Morgan fingerprint density at radius 3 is 2.89 bits per heavy atom. The van der Waals surface area contributed by atoms with Crippen molar-refractivity contribution < 1.29 is 9.90 Å². The predicted octanol–water partition coefficient (Wildman–Crippen LogP) is 1.43. The topological polar surface area (TPSA) is 66.6 Å². The van der Waals surface area contributed by atoms with Crippen LogP contribution in [0.15, 0.2) is 24.3 Å². The van der Waals surface area contributed by atoms with Gasteiger partial charge in [-0.15, -0.1) is 0 Å². The van der Waals surface area contributed by atoms with Crippen LogP contribution in [-0.4, -0.2) is 35.1 Å². The van der Waals surface area contributed by atoms with Gasteiger partial charge in [0.15, 0.2) is 0 Å². The molecular weight excluding hydrogens is 240 g/mol. The first-order chi connectivity index (χ1) is 9.08. The number of carbonyl (C=O) groups excluding carboxylic acids is 1. The van der Waals surface area contributed by atoms with Crippen LogP contribution in [0.3, 0.4) is 0 Å². The minimum Gasteiger partial charge on any atom is -0.399 e. The van der Waals surface area contributed by atoms with Crippen molar-refractivity contribution in [2.75, 3.05) is 18.8 Å². The molecule has 0 radical (unpaired) electrons. The number of hydrogen-bond acceptors (Lipinski definition) is 3. The van der Waals surface area contributed by atoms with Gasteiger partial charge in [0.1, 0.15) is 0 Å². The third-order valence-electron chi connectivity index (χ3n) is 3.88. The quantitative estimate of drug-likeness (QED) is 0.810. The van der Waals surface area contributed by atoms with Gasteiger partial charge in [0.2, 0.25) is 5.91 Å². The number of rotatable bonds is 3. The monoisotopic (exact) mass is 262 g/mol. The summed E-state index contributed by atoms with van der Waals surface area (Å²) in [6.07, 6.45) is 1.57. The smallest absolute Gasteiger partial charge is 0.222 e. The first kappa shape index (κ1) is 13.9. The Morgan fingerprint density at radius 1 is 1.47 bits per heavy atom. The lowest BCUT2D eigenvalue weighted by Gasteiger charge is -2.34. The lowest BCUT2D eigenvalue weighted by atomic mass is 9.96. The van der Waals surface area contributed by atoms with E-state index in [1.165, 1.54) is 0 Å². The Kier molecular flexibility index (Phi) is 4.43. The maximum absolute atomic E-state index is 12.1. The summed E-state index contributed by atoms with van der Waals surface area (Å²) in [7, 11) is 0. The minimum absolute atomic E-state index is 0.155. The van der Waals surface area contributed by atoms with Crippen molar-refractivity contribution >= 4 is 11.6 Å². The molecule has 2 atom stereocenters. The SMILES string of the molecule is CC1CN(C(=O)CCc2ccccc2N)CCC1O. The number of benzene rings is 1. The van der Waals surface area contributed by atoms with Crippen molar-refractivity contribution in [3.05, 3.63) is 29.8 Å². The lowest BCUT2D eigenvalue weighted by Crippen LogP contribution is -2.45. The third kappa shape index (κ3) is 3.47. The summed E-state index contributed by atoms with van der Waals surface area (Å²) in [5, 5.41) is 9.67. The second-order valence-corrected chi connectivity index (χ2v) is 5.37. The number of hydrogen-bond donors (Lipinski definition) is 2. The molecule has 19 heavy (non-hydrogen) atoms. The number of nitrogens with zero attached hydrogens (tertiary/aromatic N) is 1. The molecule has 2 unspecified atom stereocenters. The molecule has 0 spiro atoms. The van der Waals surface area contributed by atoms with Crippen molar-refractivity contribution in [3.63, 3.8) is 0 Å². The van der Waals surface area contributed by atoms with E-state index < -0.39 is 0 Å². The molecule has 1 heterocycles. The molecule has 104 valence electrons. The minimum atomic E-state index is -0.270. The van der Waals surface area contributed by atoms with Crippen LogP contribution in [0.2, 0.25) is 0 Å². The van der Waals surface area contributed by atoms with Gasteiger partial charge in [-0.05, 0) is 30.4 Å². The van der Waals surface area contributed by atoms with Gasteiger partial charge in [-0.1, -0.05) is 25.1 Å². The van der Waals surface area contributed by atoms with Crippen molar-refractivity contribution in [1.82, 2.24) is 4.90 Å². The number of piperidine rings is 1. The maximum Gasteiger partial charge on any atom is 0.222 e. The fraction of sp³-hybridized carbons (Fsp3) is 0.533. The number of aliphatic hydroxyl groups is 1. The summed E-state index contributed by atoms with van der Waals surface area (Å²) >= 11 is 0. The van der Waals surface area contributed by atoms with Gasteiger partial charge in [0.25, 0.3) is 0 Å². The van der Waals surface area contributed by atoms with Crippen molar-refractivity contribution in [2.24, 2.45) is 5.92 Å². The van der Waals surface area contributed by atoms with Crippen LogP contribution in [0.1, 0.15) is 25.3 Å². The van der Waals surface area contributed by atoms with Crippen LogP contribution in [0.5, 0.6) is 0 Å². The molecule has 4 nitrogen and oxygen atoms in total. The predicted molar refractivity (Wildman–Crippen MR) is 75.5 cm³/mol. The second kappa shape index (κ2) is 6.06. The van der Waals surface area contributed by atoms with E-state index in [1.54, 1.807) is 0 Å². The van der Waals surface area contributed by atoms with Gasteiger partial charge < -0.3 is 15.7 Å². The Bertz CT molecular complexity index is 448. The third-order valence-corrected chi connectivity index (χ3v) is 3.88. The average molecular weight is 262 g/mol.